The summed E-state index contributed by atoms with van der Waals surface area (Å²) in [6, 6.07) is 10.4. The lowest BCUT2D eigenvalue weighted by Crippen LogP contribution is -2.39. The summed E-state index contributed by atoms with van der Waals surface area (Å²) in [6.45, 7) is 5.48. The Kier molecular flexibility index (Phi) is 7.15. The van der Waals surface area contributed by atoms with E-state index in [0.29, 0.717) is 36.5 Å². The quantitative estimate of drug-likeness (QED) is 0.751. The third-order valence-electron chi connectivity index (χ3n) is 3.32. The molecule has 0 aliphatic heterocycles. The summed E-state index contributed by atoms with van der Waals surface area (Å²) in [5.74, 6) is 1.09. The fraction of sp³-hybridized carbons (Fsp3) is 0.389. The van der Waals surface area contributed by atoms with Crippen molar-refractivity contribution in [2.24, 2.45) is 5.92 Å². The Balaban J connectivity index is 1.88. The van der Waals surface area contributed by atoms with Gasteiger partial charge in [-0.3, -0.25) is 0 Å². The van der Waals surface area contributed by atoms with Gasteiger partial charge in [-0.05, 0) is 29.7 Å². The standard InChI is InChI=1S/C18H23ClN2O3/c1-13(2)11-23-12-16(17-8-5-9-24-17)21-18(22)20-10-14-6-3-4-7-15(14)19/h3-9,13,16H,10-12H2,1-2H3,(H2,20,21,22). The van der Waals surface area contributed by atoms with Crippen molar-refractivity contribution < 1.29 is 13.9 Å². The van der Waals surface area contributed by atoms with Gasteiger partial charge in [0.2, 0.25) is 0 Å². The topological polar surface area (TPSA) is 63.5 Å². The molecule has 0 aliphatic rings. The molecule has 2 aromatic rings. The minimum absolute atomic E-state index is 0.301. The van der Waals surface area contributed by atoms with Gasteiger partial charge in [0.05, 0.1) is 12.9 Å². The Morgan fingerprint density at radius 3 is 2.67 bits per heavy atom. The Bertz CT molecular complexity index is 629. The smallest absolute Gasteiger partial charge is 0.315 e. The fourth-order valence-corrected chi connectivity index (χ4v) is 2.34. The van der Waals surface area contributed by atoms with E-state index in [2.05, 4.69) is 24.5 Å². The second-order valence-electron chi connectivity index (χ2n) is 5.92. The first-order chi connectivity index (χ1) is 11.6. The van der Waals surface area contributed by atoms with Gasteiger partial charge in [-0.2, -0.15) is 0 Å². The van der Waals surface area contributed by atoms with E-state index in [1.54, 1.807) is 18.4 Å². The van der Waals surface area contributed by atoms with E-state index in [0.717, 1.165) is 5.56 Å². The number of hydrogen-bond acceptors (Lipinski definition) is 3. The molecular weight excluding hydrogens is 328 g/mol. The number of halogens is 1. The summed E-state index contributed by atoms with van der Waals surface area (Å²) in [4.78, 5) is 12.2. The van der Waals surface area contributed by atoms with Gasteiger partial charge in [0.25, 0.3) is 0 Å². The molecule has 1 unspecified atom stereocenters. The molecule has 0 saturated carbocycles. The number of hydrogen-bond donors (Lipinski definition) is 2. The summed E-state index contributed by atoms with van der Waals surface area (Å²) in [7, 11) is 0. The molecule has 2 rings (SSSR count). The van der Waals surface area contributed by atoms with E-state index in [1.165, 1.54) is 0 Å². The first-order valence-corrected chi connectivity index (χ1v) is 8.33. The number of nitrogens with one attached hydrogen (secondary N) is 2. The molecule has 1 atom stereocenters. The molecule has 0 aliphatic carbocycles. The first kappa shape index (κ1) is 18.4. The highest BCUT2D eigenvalue weighted by Gasteiger charge is 2.17. The highest BCUT2D eigenvalue weighted by molar-refractivity contribution is 6.31. The van der Waals surface area contributed by atoms with Crippen LogP contribution in [0.5, 0.6) is 0 Å². The predicted octanol–water partition coefficient (Wildman–Crippen LogP) is 4.15. The minimum atomic E-state index is -0.343. The van der Waals surface area contributed by atoms with Gasteiger partial charge in [0.15, 0.2) is 0 Å². The van der Waals surface area contributed by atoms with E-state index in [4.69, 9.17) is 20.8 Å². The lowest BCUT2D eigenvalue weighted by atomic mass is 10.2. The van der Waals surface area contributed by atoms with E-state index in [1.807, 2.05) is 24.3 Å². The average Bonchev–Trinajstić information content (AvgIpc) is 3.07. The van der Waals surface area contributed by atoms with Crippen LogP contribution in [0.2, 0.25) is 5.02 Å². The van der Waals surface area contributed by atoms with Crippen molar-refractivity contribution in [2.75, 3.05) is 13.2 Å². The number of carbonyl (C=O) groups is 1. The zero-order valence-electron chi connectivity index (χ0n) is 13.9. The van der Waals surface area contributed by atoms with Crippen molar-refractivity contribution in [2.45, 2.75) is 26.4 Å². The van der Waals surface area contributed by atoms with E-state index in [-0.39, 0.29) is 12.1 Å². The molecular formula is C18H23ClN2O3. The molecule has 1 heterocycles. The normalized spacial score (nSPS) is 12.2. The van der Waals surface area contributed by atoms with Gasteiger partial charge in [0.1, 0.15) is 11.8 Å². The zero-order valence-corrected chi connectivity index (χ0v) is 14.7. The van der Waals surface area contributed by atoms with Gasteiger partial charge in [-0.1, -0.05) is 43.6 Å². The van der Waals surface area contributed by atoms with Crippen LogP contribution in [0.3, 0.4) is 0 Å². The molecule has 2 N–H and O–H groups in total. The zero-order chi connectivity index (χ0) is 17.4. The predicted molar refractivity (Wildman–Crippen MR) is 93.9 cm³/mol. The van der Waals surface area contributed by atoms with Crippen LogP contribution in [0.25, 0.3) is 0 Å². The van der Waals surface area contributed by atoms with Crippen LogP contribution in [0, 0.1) is 5.92 Å². The molecule has 1 aromatic carbocycles. The lowest BCUT2D eigenvalue weighted by Gasteiger charge is -2.18. The van der Waals surface area contributed by atoms with Crippen molar-refractivity contribution in [3.63, 3.8) is 0 Å². The molecule has 6 heteroatoms. The number of urea groups is 1. The molecule has 0 bridgehead atoms. The van der Waals surface area contributed by atoms with Crippen LogP contribution in [0.1, 0.15) is 31.2 Å². The summed E-state index contributed by atoms with van der Waals surface area (Å²) in [6.07, 6.45) is 1.58. The SMILES string of the molecule is CC(C)COCC(NC(=O)NCc1ccccc1Cl)c1ccco1. The summed E-state index contributed by atoms with van der Waals surface area (Å²) in [5, 5.41) is 6.30. The van der Waals surface area contributed by atoms with Crippen molar-refractivity contribution in [1.82, 2.24) is 10.6 Å². The summed E-state index contributed by atoms with van der Waals surface area (Å²) >= 11 is 6.09. The van der Waals surface area contributed by atoms with Crippen molar-refractivity contribution in [1.29, 1.82) is 0 Å². The highest BCUT2D eigenvalue weighted by Crippen LogP contribution is 2.16. The second-order valence-corrected chi connectivity index (χ2v) is 6.32. The number of benzene rings is 1. The Labute approximate surface area is 147 Å². The van der Waals surface area contributed by atoms with Crippen LogP contribution < -0.4 is 10.6 Å². The lowest BCUT2D eigenvalue weighted by molar-refractivity contribution is 0.0868. The Morgan fingerprint density at radius 2 is 2.00 bits per heavy atom. The van der Waals surface area contributed by atoms with Crippen LogP contribution in [0.15, 0.2) is 47.1 Å². The molecule has 5 nitrogen and oxygen atoms in total. The fourth-order valence-electron chi connectivity index (χ4n) is 2.13. The maximum absolute atomic E-state index is 12.2. The molecule has 0 saturated heterocycles. The van der Waals surface area contributed by atoms with Gasteiger partial charge in [-0.15, -0.1) is 0 Å². The molecule has 0 fully saturated rings. The number of carbonyl (C=O) groups excluding carboxylic acids is 1. The first-order valence-electron chi connectivity index (χ1n) is 7.95. The maximum atomic E-state index is 12.2. The van der Waals surface area contributed by atoms with Crippen molar-refractivity contribution >= 4 is 17.6 Å². The molecule has 0 radical (unpaired) electrons. The number of rotatable bonds is 8. The average molecular weight is 351 g/mol. The highest BCUT2D eigenvalue weighted by atomic mass is 35.5. The van der Waals surface area contributed by atoms with Crippen LogP contribution >= 0.6 is 11.6 Å². The number of amides is 2. The molecule has 0 spiro atoms. The maximum Gasteiger partial charge on any atom is 0.315 e. The molecule has 2 amide bonds. The molecule has 24 heavy (non-hydrogen) atoms. The number of furan rings is 1. The van der Waals surface area contributed by atoms with E-state index < -0.39 is 0 Å². The third-order valence-corrected chi connectivity index (χ3v) is 3.69. The minimum Gasteiger partial charge on any atom is -0.467 e. The van der Waals surface area contributed by atoms with Crippen LogP contribution in [0.4, 0.5) is 4.79 Å². The van der Waals surface area contributed by atoms with Crippen LogP contribution in [-0.4, -0.2) is 19.2 Å². The molecule has 130 valence electrons. The van der Waals surface area contributed by atoms with Crippen molar-refractivity contribution in [3.8, 4) is 0 Å². The monoisotopic (exact) mass is 350 g/mol. The van der Waals surface area contributed by atoms with Crippen LogP contribution in [-0.2, 0) is 11.3 Å². The molecule has 1 aromatic heterocycles. The Morgan fingerprint density at radius 1 is 1.21 bits per heavy atom. The van der Waals surface area contributed by atoms with Gasteiger partial charge in [0, 0.05) is 18.2 Å². The largest absolute Gasteiger partial charge is 0.467 e. The summed E-state index contributed by atoms with van der Waals surface area (Å²) < 4.78 is 11.0. The third kappa shape index (κ3) is 5.91. The second kappa shape index (κ2) is 9.35. The van der Waals surface area contributed by atoms with Crippen molar-refractivity contribution in [3.05, 3.63) is 59.0 Å². The number of ether oxygens (including phenoxy) is 1. The Hall–Kier alpha value is -1.98. The van der Waals surface area contributed by atoms with Gasteiger partial charge < -0.3 is 19.8 Å². The van der Waals surface area contributed by atoms with Gasteiger partial charge in [-0.25, -0.2) is 4.79 Å². The van der Waals surface area contributed by atoms with E-state index in [9.17, 15) is 4.79 Å². The van der Waals surface area contributed by atoms with E-state index >= 15 is 0 Å². The summed E-state index contributed by atoms with van der Waals surface area (Å²) in [5.41, 5.74) is 0.861. The van der Waals surface area contributed by atoms with Gasteiger partial charge >= 0.3 is 6.03 Å².